The largest absolute Gasteiger partial charge is 0.497 e. The molecule has 0 spiro atoms. The van der Waals surface area contributed by atoms with Gasteiger partial charge in [0.1, 0.15) is 10.6 Å². The summed E-state index contributed by atoms with van der Waals surface area (Å²) >= 11 is 7.34. The molecule has 2 aromatic carbocycles. The van der Waals surface area contributed by atoms with Crippen LogP contribution in [0.1, 0.15) is 31.2 Å². The van der Waals surface area contributed by atoms with Crippen molar-refractivity contribution in [3.05, 3.63) is 99.2 Å². The topological polar surface area (TPSA) is 35.5 Å². The molecule has 3 aromatic rings. The first kappa shape index (κ1) is 19.9. The van der Waals surface area contributed by atoms with E-state index in [0.29, 0.717) is 9.90 Å². The Kier molecular flexibility index (Phi) is 6.02. The average Bonchev–Trinajstić information content (AvgIpc) is 3.18. The zero-order chi connectivity index (χ0) is 20.3. The Labute approximate surface area is 173 Å². The number of methoxy groups -OCH3 is 2. The average molecular weight is 411 g/mol. The molecule has 0 aliphatic carbocycles. The second kappa shape index (κ2) is 8.46. The number of hydrogen-bond acceptors (Lipinski definition) is 4. The molecule has 0 aliphatic rings. The zero-order valence-corrected chi connectivity index (χ0v) is 17.2. The van der Waals surface area contributed by atoms with Crippen LogP contribution >= 0.6 is 22.9 Å². The number of hydrogen-bond donors (Lipinski definition) is 0. The van der Waals surface area contributed by atoms with E-state index in [1.807, 2.05) is 48.5 Å². The van der Waals surface area contributed by atoms with E-state index in [-0.39, 0.29) is 5.97 Å². The fourth-order valence-corrected chi connectivity index (χ4v) is 3.99. The Bertz CT molecular complexity index is 1030. The van der Waals surface area contributed by atoms with Crippen molar-refractivity contribution in [3.8, 4) is 5.75 Å². The minimum absolute atomic E-state index is 0.385. The van der Waals surface area contributed by atoms with Crippen molar-refractivity contribution in [3.63, 3.8) is 0 Å². The summed E-state index contributed by atoms with van der Waals surface area (Å²) in [4.78, 5) is 13.5. The molecule has 0 fully saturated rings. The van der Waals surface area contributed by atoms with Gasteiger partial charge in [0.05, 0.1) is 14.2 Å². The lowest BCUT2D eigenvalue weighted by atomic mass is 9.95. The van der Waals surface area contributed by atoms with Crippen LogP contribution in [0.5, 0.6) is 5.75 Å². The van der Waals surface area contributed by atoms with Gasteiger partial charge in [-0.15, -0.1) is 11.3 Å². The SMILES string of the molecule is C=C(c1ccc(OC)cc1)c1cc(C(=O)OC)sc1C(=C)c1ccc(Cl)cc1. The molecule has 1 aromatic heterocycles. The lowest BCUT2D eigenvalue weighted by Gasteiger charge is -2.11. The molecule has 0 amide bonds. The smallest absolute Gasteiger partial charge is 0.348 e. The summed E-state index contributed by atoms with van der Waals surface area (Å²) in [6, 6.07) is 16.9. The number of ether oxygens (including phenoxy) is 2. The van der Waals surface area contributed by atoms with Gasteiger partial charge in [0, 0.05) is 15.5 Å². The van der Waals surface area contributed by atoms with Gasteiger partial charge in [-0.05, 0) is 52.6 Å². The molecule has 5 heteroatoms. The van der Waals surface area contributed by atoms with E-state index < -0.39 is 0 Å². The van der Waals surface area contributed by atoms with E-state index in [0.717, 1.165) is 38.5 Å². The Morgan fingerprint density at radius 3 is 2.07 bits per heavy atom. The Morgan fingerprint density at radius 2 is 1.50 bits per heavy atom. The van der Waals surface area contributed by atoms with Crippen molar-refractivity contribution in [2.24, 2.45) is 0 Å². The van der Waals surface area contributed by atoms with Crippen LogP contribution in [0.4, 0.5) is 0 Å². The third kappa shape index (κ3) is 4.03. The molecule has 0 unspecified atom stereocenters. The molecule has 0 atom stereocenters. The van der Waals surface area contributed by atoms with E-state index in [1.165, 1.54) is 18.4 Å². The first-order valence-corrected chi connectivity index (χ1v) is 9.65. The fraction of sp³-hybridized carbons (Fsp3) is 0.0870. The highest BCUT2D eigenvalue weighted by Crippen LogP contribution is 2.38. The van der Waals surface area contributed by atoms with E-state index in [2.05, 4.69) is 13.2 Å². The van der Waals surface area contributed by atoms with E-state index >= 15 is 0 Å². The van der Waals surface area contributed by atoms with Gasteiger partial charge in [0.15, 0.2) is 0 Å². The van der Waals surface area contributed by atoms with Gasteiger partial charge in [-0.25, -0.2) is 4.79 Å². The molecule has 0 N–H and O–H groups in total. The van der Waals surface area contributed by atoms with Crippen molar-refractivity contribution in [2.75, 3.05) is 14.2 Å². The van der Waals surface area contributed by atoms with E-state index in [9.17, 15) is 4.79 Å². The number of rotatable bonds is 6. The van der Waals surface area contributed by atoms with Gasteiger partial charge in [0.2, 0.25) is 0 Å². The summed E-state index contributed by atoms with van der Waals surface area (Å²) in [6.07, 6.45) is 0. The molecule has 28 heavy (non-hydrogen) atoms. The van der Waals surface area contributed by atoms with Crippen molar-refractivity contribution in [2.45, 2.75) is 0 Å². The number of carbonyl (C=O) groups excluding carboxylic acids is 1. The normalized spacial score (nSPS) is 10.4. The molecule has 142 valence electrons. The number of thiophene rings is 1. The number of benzene rings is 2. The van der Waals surface area contributed by atoms with Crippen LogP contribution in [0.25, 0.3) is 11.1 Å². The van der Waals surface area contributed by atoms with Crippen LogP contribution < -0.4 is 4.74 Å². The van der Waals surface area contributed by atoms with Crippen LogP contribution in [0.3, 0.4) is 0 Å². The van der Waals surface area contributed by atoms with Gasteiger partial charge in [-0.1, -0.05) is 49.0 Å². The molecule has 0 saturated heterocycles. The monoisotopic (exact) mass is 410 g/mol. The first-order valence-electron chi connectivity index (χ1n) is 8.45. The molecule has 3 nitrogen and oxygen atoms in total. The molecule has 3 rings (SSSR count). The lowest BCUT2D eigenvalue weighted by Crippen LogP contribution is -1.97. The number of halogens is 1. The fourth-order valence-electron chi connectivity index (χ4n) is 2.77. The Hall–Kier alpha value is -2.82. The van der Waals surface area contributed by atoms with Crippen molar-refractivity contribution in [1.82, 2.24) is 0 Å². The minimum Gasteiger partial charge on any atom is -0.497 e. The number of esters is 1. The van der Waals surface area contributed by atoms with Crippen LogP contribution in [0.2, 0.25) is 5.02 Å². The van der Waals surface area contributed by atoms with Crippen LogP contribution in [0, 0.1) is 0 Å². The predicted molar refractivity (Wildman–Crippen MR) is 116 cm³/mol. The second-order valence-electron chi connectivity index (χ2n) is 6.04. The summed E-state index contributed by atoms with van der Waals surface area (Å²) < 4.78 is 10.1. The molecule has 0 bridgehead atoms. The molecular formula is C23H19ClO3S. The number of carbonyl (C=O) groups is 1. The van der Waals surface area contributed by atoms with Crippen LogP contribution in [-0.2, 0) is 4.74 Å². The summed E-state index contributed by atoms with van der Waals surface area (Å²) in [5, 5.41) is 0.654. The van der Waals surface area contributed by atoms with Crippen molar-refractivity contribution in [1.29, 1.82) is 0 Å². The maximum Gasteiger partial charge on any atom is 0.348 e. The first-order chi connectivity index (χ1) is 13.4. The van der Waals surface area contributed by atoms with Gasteiger partial charge in [-0.2, -0.15) is 0 Å². The minimum atomic E-state index is -0.385. The van der Waals surface area contributed by atoms with Crippen LogP contribution in [-0.4, -0.2) is 20.2 Å². The van der Waals surface area contributed by atoms with Crippen LogP contribution in [0.15, 0.2) is 67.8 Å². The van der Waals surface area contributed by atoms with Crippen molar-refractivity contribution < 1.29 is 14.3 Å². The quantitative estimate of drug-likeness (QED) is 0.446. The maximum atomic E-state index is 12.1. The highest BCUT2D eigenvalue weighted by Gasteiger charge is 2.20. The molecule has 0 aliphatic heterocycles. The van der Waals surface area contributed by atoms with Crippen molar-refractivity contribution >= 4 is 40.1 Å². The summed E-state index contributed by atoms with van der Waals surface area (Å²) in [6.45, 7) is 8.49. The summed E-state index contributed by atoms with van der Waals surface area (Å²) in [5.41, 5.74) is 4.28. The summed E-state index contributed by atoms with van der Waals surface area (Å²) in [5.74, 6) is 0.381. The van der Waals surface area contributed by atoms with E-state index in [4.69, 9.17) is 21.1 Å². The highest BCUT2D eigenvalue weighted by molar-refractivity contribution is 7.15. The molecular weight excluding hydrogens is 392 g/mol. The Morgan fingerprint density at radius 1 is 0.929 bits per heavy atom. The summed E-state index contributed by atoms with van der Waals surface area (Å²) in [7, 11) is 2.99. The standard InChI is InChI=1S/C23H19ClO3S/c1-14(16-7-11-19(26-3)12-8-16)20-13-21(23(25)27-4)28-22(20)15(2)17-5-9-18(24)10-6-17/h5-13H,1-2H2,3-4H3. The van der Waals surface area contributed by atoms with Gasteiger partial charge >= 0.3 is 5.97 Å². The molecule has 1 heterocycles. The molecule has 0 radical (unpaired) electrons. The third-order valence-electron chi connectivity index (χ3n) is 4.35. The highest BCUT2D eigenvalue weighted by atomic mass is 35.5. The van der Waals surface area contributed by atoms with Gasteiger partial charge in [-0.3, -0.25) is 0 Å². The molecule has 0 saturated carbocycles. The zero-order valence-electron chi connectivity index (χ0n) is 15.6. The third-order valence-corrected chi connectivity index (χ3v) is 5.78. The van der Waals surface area contributed by atoms with Gasteiger partial charge < -0.3 is 9.47 Å². The van der Waals surface area contributed by atoms with E-state index in [1.54, 1.807) is 13.2 Å². The second-order valence-corrected chi connectivity index (χ2v) is 7.53. The lowest BCUT2D eigenvalue weighted by molar-refractivity contribution is 0.0606. The van der Waals surface area contributed by atoms with Gasteiger partial charge in [0.25, 0.3) is 0 Å². The predicted octanol–water partition coefficient (Wildman–Crippen LogP) is 6.32. The maximum absolute atomic E-state index is 12.1. The Balaban J connectivity index is 2.06.